The molecule has 4 heteroatoms. The fraction of sp³-hybridized carbons (Fsp3) is 0.231. The highest BCUT2D eigenvalue weighted by atomic mass is 79.9. The van der Waals surface area contributed by atoms with E-state index in [-0.39, 0.29) is 11.9 Å². The number of nitrogens with one attached hydrogen (secondary N) is 1. The largest absolute Gasteiger partial charge is 0.309 e. The summed E-state index contributed by atoms with van der Waals surface area (Å²) in [6, 6.07) is 7.47. The van der Waals surface area contributed by atoms with Gasteiger partial charge in [0.1, 0.15) is 5.82 Å². The second kappa shape index (κ2) is 5.29. The molecule has 1 unspecified atom stereocenters. The first-order chi connectivity index (χ1) is 8.11. The van der Waals surface area contributed by atoms with Crippen LogP contribution < -0.4 is 5.32 Å². The molecule has 90 valence electrons. The van der Waals surface area contributed by atoms with Gasteiger partial charge in [0, 0.05) is 0 Å². The summed E-state index contributed by atoms with van der Waals surface area (Å²) in [5.74, 6) is -0.156. The van der Waals surface area contributed by atoms with E-state index >= 15 is 0 Å². The first kappa shape index (κ1) is 12.7. The highest BCUT2D eigenvalue weighted by Crippen LogP contribution is 2.29. The van der Waals surface area contributed by atoms with Gasteiger partial charge in [-0.25, -0.2) is 4.39 Å². The topological polar surface area (TPSA) is 12.0 Å². The van der Waals surface area contributed by atoms with Crippen molar-refractivity contribution in [3.05, 3.63) is 55.9 Å². The number of aryl methyl sites for hydroxylation is 1. The van der Waals surface area contributed by atoms with E-state index in [0.29, 0.717) is 5.56 Å². The van der Waals surface area contributed by atoms with Gasteiger partial charge in [-0.15, -0.1) is 11.3 Å². The van der Waals surface area contributed by atoms with Crippen LogP contribution in [0.1, 0.15) is 22.7 Å². The lowest BCUT2D eigenvalue weighted by Gasteiger charge is -2.16. The van der Waals surface area contributed by atoms with Gasteiger partial charge < -0.3 is 5.32 Å². The predicted molar refractivity (Wildman–Crippen MR) is 74.1 cm³/mol. The minimum Gasteiger partial charge on any atom is -0.309 e. The maximum absolute atomic E-state index is 13.6. The lowest BCUT2D eigenvalue weighted by Crippen LogP contribution is -2.17. The Morgan fingerprint density at radius 2 is 2.06 bits per heavy atom. The van der Waals surface area contributed by atoms with Crippen LogP contribution in [0, 0.1) is 12.7 Å². The zero-order valence-corrected chi connectivity index (χ0v) is 12.0. The third kappa shape index (κ3) is 2.76. The number of halogens is 2. The lowest BCUT2D eigenvalue weighted by molar-refractivity contribution is 0.608. The molecule has 0 saturated heterocycles. The zero-order valence-electron chi connectivity index (χ0n) is 9.63. The van der Waals surface area contributed by atoms with Crippen molar-refractivity contribution >= 4 is 27.3 Å². The van der Waals surface area contributed by atoms with Crippen LogP contribution in [0.5, 0.6) is 0 Å². The van der Waals surface area contributed by atoms with Crippen molar-refractivity contribution in [2.75, 3.05) is 7.05 Å². The maximum Gasteiger partial charge on any atom is 0.126 e. The molecule has 1 aromatic carbocycles. The van der Waals surface area contributed by atoms with Crippen LogP contribution in [0.3, 0.4) is 0 Å². The van der Waals surface area contributed by atoms with Gasteiger partial charge in [0.2, 0.25) is 0 Å². The summed E-state index contributed by atoms with van der Waals surface area (Å²) in [4.78, 5) is 0. The fourth-order valence-corrected chi connectivity index (χ4v) is 2.99. The van der Waals surface area contributed by atoms with Crippen molar-refractivity contribution in [3.63, 3.8) is 0 Å². The fourth-order valence-electron chi connectivity index (χ4n) is 1.79. The van der Waals surface area contributed by atoms with Gasteiger partial charge >= 0.3 is 0 Å². The molecule has 0 radical (unpaired) electrons. The molecule has 17 heavy (non-hydrogen) atoms. The van der Waals surface area contributed by atoms with Crippen molar-refractivity contribution < 1.29 is 4.39 Å². The van der Waals surface area contributed by atoms with Crippen LogP contribution in [0.2, 0.25) is 0 Å². The molecular weight excluding hydrogens is 301 g/mol. The van der Waals surface area contributed by atoms with E-state index in [1.807, 2.05) is 19.2 Å². The van der Waals surface area contributed by atoms with Gasteiger partial charge in [0.25, 0.3) is 0 Å². The molecular formula is C13H13BrFNS. The SMILES string of the molecule is CNC(c1csc(Br)c1)c1ccc(C)c(F)c1. The maximum atomic E-state index is 13.6. The summed E-state index contributed by atoms with van der Waals surface area (Å²) in [6.07, 6.45) is 0. The lowest BCUT2D eigenvalue weighted by atomic mass is 10.00. The summed E-state index contributed by atoms with van der Waals surface area (Å²) in [5.41, 5.74) is 2.77. The Kier molecular flexibility index (Phi) is 3.97. The van der Waals surface area contributed by atoms with Gasteiger partial charge in [-0.05, 0) is 64.1 Å². The van der Waals surface area contributed by atoms with Crippen molar-refractivity contribution in [2.24, 2.45) is 0 Å². The number of hydrogen-bond acceptors (Lipinski definition) is 2. The van der Waals surface area contributed by atoms with Gasteiger partial charge in [0.05, 0.1) is 9.83 Å². The average molecular weight is 314 g/mol. The minimum absolute atomic E-state index is 0.0349. The molecule has 1 heterocycles. The number of benzene rings is 1. The van der Waals surface area contributed by atoms with E-state index in [1.165, 1.54) is 0 Å². The van der Waals surface area contributed by atoms with Crippen LogP contribution in [-0.4, -0.2) is 7.05 Å². The first-order valence-corrected chi connectivity index (χ1v) is 6.96. The molecule has 0 fully saturated rings. The molecule has 0 aliphatic heterocycles. The molecule has 1 aromatic heterocycles. The molecule has 0 saturated carbocycles. The molecule has 0 amide bonds. The van der Waals surface area contributed by atoms with Gasteiger partial charge in [-0.1, -0.05) is 12.1 Å². The molecule has 1 atom stereocenters. The highest BCUT2D eigenvalue weighted by Gasteiger charge is 2.14. The summed E-state index contributed by atoms with van der Waals surface area (Å²) in [7, 11) is 1.88. The summed E-state index contributed by atoms with van der Waals surface area (Å²) >= 11 is 5.08. The van der Waals surface area contributed by atoms with E-state index in [2.05, 4.69) is 32.7 Å². The summed E-state index contributed by atoms with van der Waals surface area (Å²) < 4.78 is 14.6. The molecule has 2 aromatic rings. The molecule has 0 bridgehead atoms. The van der Waals surface area contributed by atoms with E-state index in [9.17, 15) is 4.39 Å². The van der Waals surface area contributed by atoms with E-state index in [4.69, 9.17) is 0 Å². The molecule has 2 rings (SSSR count). The van der Waals surface area contributed by atoms with Crippen molar-refractivity contribution in [2.45, 2.75) is 13.0 Å². The van der Waals surface area contributed by atoms with Gasteiger partial charge in [0.15, 0.2) is 0 Å². The van der Waals surface area contributed by atoms with Crippen molar-refractivity contribution in [1.29, 1.82) is 0 Å². The predicted octanol–water partition coefficient (Wildman–Crippen LogP) is 4.27. The Morgan fingerprint density at radius 3 is 2.59 bits per heavy atom. The Balaban J connectivity index is 2.38. The molecule has 1 N–H and O–H groups in total. The van der Waals surface area contributed by atoms with E-state index < -0.39 is 0 Å². The van der Waals surface area contributed by atoms with Crippen molar-refractivity contribution in [3.8, 4) is 0 Å². The van der Waals surface area contributed by atoms with Crippen LogP contribution >= 0.6 is 27.3 Å². The Hall–Kier alpha value is -0.710. The monoisotopic (exact) mass is 313 g/mol. The number of hydrogen-bond donors (Lipinski definition) is 1. The van der Waals surface area contributed by atoms with Crippen LogP contribution in [-0.2, 0) is 0 Å². The van der Waals surface area contributed by atoms with Crippen LogP contribution in [0.15, 0.2) is 33.4 Å². The Bertz CT molecular complexity index is 524. The normalized spacial score (nSPS) is 12.7. The number of rotatable bonds is 3. The molecule has 0 spiro atoms. The molecule has 1 nitrogen and oxygen atoms in total. The molecule has 0 aliphatic carbocycles. The average Bonchev–Trinajstić information content (AvgIpc) is 2.71. The van der Waals surface area contributed by atoms with Gasteiger partial charge in [-0.2, -0.15) is 0 Å². The quantitative estimate of drug-likeness (QED) is 0.892. The zero-order chi connectivity index (χ0) is 12.4. The minimum atomic E-state index is -0.156. The van der Waals surface area contributed by atoms with Crippen LogP contribution in [0.25, 0.3) is 0 Å². The third-order valence-corrected chi connectivity index (χ3v) is 4.26. The third-order valence-electron chi connectivity index (χ3n) is 2.74. The Morgan fingerprint density at radius 1 is 1.29 bits per heavy atom. The smallest absolute Gasteiger partial charge is 0.126 e. The Labute approximate surface area is 113 Å². The second-order valence-corrected chi connectivity index (χ2v) is 6.20. The summed E-state index contributed by atoms with van der Waals surface area (Å²) in [5, 5.41) is 5.29. The van der Waals surface area contributed by atoms with E-state index in [0.717, 1.165) is 14.9 Å². The van der Waals surface area contributed by atoms with Crippen molar-refractivity contribution in [1.82, 2.24) is 5.32 Å². The first-order valence-electron chi connectivity index (χ1n) is 5.29. The number of thiophene rings is 1. The second-order valence-electron chi connectivity index (χ2n) is 3.91. The standard InChI is InChI=1S/C13H13BrFNS/c1-8-3-4-9(5-11(8)15)13(16-2)10-6-12(14)17-7-10/h3-7,13,16H,1-2H3. The van der Waals surface area contributed by atoms with Crippen LogP contribution in [0.4, 0.5) is 4.39 Å². The summed E-state index contributed by atoms with van der Waals surface area (Å²) in [6.45, 7) is 1.77. The molecule has 0 aliphatic rings. The van der Waals surface area contributed by atoms with E-state index in [1.54, 1.807) is 24.3 Å². The highest BCUT2D eigenvalue weighted by molar-refractivity contribution is 9.11. The van der Waals surface area contributed by atoms with Gasteiger partial charge in [-0.3, -0.25) is 0 Å².